The van der Waals surface area contributed by atoms with Crippen LogP contribution < -0.4 is 11.1 Å². The molecule has 0 saturated heterocycles. The number of halogens is 1. The lowest BCUT2D eigenvalue weighted by molar-refractivity contribution is 0.0901. The zero-order chi connectivity index (χ0) is 13.7. The second kappa shape index (κ2) is 5.53. The maximum atomic E-state index is 12.4. The second-order valence-corrected chi connectivity index (χ2v) is 6.86. The van der Waals surface area contributed by atoms with Crippen LogP contribution in [-0.4, -0.2) is 11.9 Å². The molecule has 3 N–H and O–H groups in total. The average molecular weight is 307 g/mol. The first-order valence-electron chi connectivity index (χ1n) is 7.89. The molecule has 1 amide bonds. The third-order valence-electron chi connectivity index (χ3n) is 5.89. The average Bonchev–Trinajstić information content (AvgIpc) is 3.10. The highest BCUT2D eigenvalue weighted by Gasteiger charge is 2.53. The monoisotopic (exact) mass is 306 g/mol. The fraction of sp³-hybridized carbons (Fsp3) is 0.588. The predicted molar refractivity (Wildman–Crippen MR) is 86.4 cm³/mol. The van der Waals surface area contributed by atoms with Gasteiger partial charge in [-0.25, -0.2) is 0 Å². The van der Waals surface area contributed by atoms with Crippen LogP contribution >= 0.6 is 12.4 Å². The molecule has 3 aliphatic rings. The molecule has 4 heteroatoms. The minimum Gasteiger partial charge on any atom is -0.399 e. The summed E-state index contributed by atoms with van der Waals surface area (Å²) in [6.45, 7) is 0. The van der Waals surface area contributed by atoms with Crippen LogP contribution in [0.3, 0.4) is 0 Å². The Morgan fingerprint density at radius 1 is 1.14 bits per heavy atom. The molecule has 3 nitrogen and oxygen atoms in total. The largest absolute Gasteiger partial charge is 0.399 e. The van der Waals surface area contributed by atoms with Gasteiger partial charge in [0.2, 0.25) is 0 Å². The van der Waals surface area contributed by atoms with Gasteiger partial charge in [-0.1, -0.05) is 12.5 Å². The standard InChI is InChI=1S/C17H22N2O.ClH/c18-12-4-1-3-10(7-12)17(20)19-16-9-11-8-15(16)14-6-2-5-13(11)14;/h1,3-4,7,11,13-16H,2,5-6,8-9,18H2,(H,19,20);1H. The molecule has 1 aromatic rings. The summed E-state index contributed by atoms with van der Waals surface area (Å²) in [5, 5.41) is 3.27. The molecule has 1 aromatic carbocycles. The summed E-state index contributed by atoms with van der Waals surface area (Å²) in [7, 11) is 0. The van der Waals surface area contributed by atoms with Crippen LogP contribution in [0, 0.1) is 23.7 Å². The fourth-order valence-corrected chi connectivity index (χ4v) is 5.17. The van der Waals surface area contributed by atoms with E-state index in [9.17, 15) is 4.79 Å². The van der Waals surface area contributed by atoms with E-state index in [2.05, 4.69) is 5.32 Å². The first-order chi connectivity index (χ1) is 9.72. The molecular weight excluding hydrogens is 284 g/mol. The van der Waals surface area contributed by atoms with Crippen LogP contribution in [0.2, 0.25) is 0 Å². The van der Waals surface area contributed by atoms with Crippen molar-refractivity contribution in [2.24, 2.45) is 23.7 Å². The summed E-state index contributed by atoms with van der Waals surface area (Å²) >= 11 is 0. The zero-order valence-electron chi connectivity index (χ0n) is 12.1. The first kappa shape index (κ1) is 14.7. The lowest BCUT2D eigenvalue weighted by Gasteiger charge is -2.32. The second-order valence-electron chi connectivity index (χ2n) is 6.86. The number of nitrogen functional groups attached to an aromatic ring is 1. The highest BCUT2D eigenvalue weighted by Crippen LogP contribution is 2.58. The summed E-state index contributed by atoms with van der Waals surface area (Å²) in [6, 6.07) is 7.67. The van der Waals surface area contributed by atoms with E-state index in [0.717, 1.165) is 23.7 Å². The van der Waals surface area contributed by atoms with Crippen LogP contribution in [0.5, 0.6) is 0 Å². The molecule has 4 rings (SSSR count). The van der Waals surface area contributed by atoms with Gasteiger partial charge in [-0.15, -0.1) is 12.4 Å². The van der Waals surface area contributed by atoms with Gasteiger partial charge in [-0.05, 0) is 67.6 Å². The molecule has 0 aliphatic heterocycles. The maximum Gasteiger partial charge on any atom is 0.251 e. The number of fused-ring (bicyclic) bond motifs is 5. The number of carbonyl (C=O) groups is 1. The van der Waals surface area contributed by atoms with Gasteiger partial charge >= 0.3 is 0 Å². The van der Waals surface area contributed by atoms with Crippen LogP contribution in [0.4, 0.5) is 5.69 Å². The van der Waals surface area contributed by atoms with Gasteiger partial charge in [0.15, 0.2) is 0 Å². The quantitative estimate of drug-likeness (QED) is 0.824. The first-order valence-corrected chi connectivity index (χ1v) is 7.89. The van der Waals surface area contributed by atoms with Gasteiger partial charge in [-0.2, -0.15) is 0 Å². The van der Waals surface area contributed by atoms with Crippen molar-refractivity contribution in [2.75, 3.05) is 5.73 Å². The highest BCUT2D eigenvalue weighted by molar-refractivity contribution is 5.95. The van der Waals surface area contributed by atoms with E-state index >= 15 is 0 Å². The minimum absolute atomic E-state index is 0. The van der Waals surface area contributed by atoms with Crippen molar-refractivity contribution in [2.45, 2.75) is 38.1 Å². The molecule has 21 heavy (non-hydrogen) atoms. The Kier molecular flexibility index (Phi) is 3.87. The molecular formula is C17H23ClN2O. The number of carbonyl (C=O) groups excluding carboxylic acids is 1. The topological polar surface area (TPSA) is 55.1 Å². The normalized spacial score (nSPS) is 36.1. The molecule has 3 saturated carbocycles. The molecule has 0 radical (unpaired) electrons. The molecule has 3 aliphatic carbocycles. The molecule has 3 fully saturated rings. The van der Waals surface area contributed by atoms with Crippen molar-refractivity contribution in [3.8, 4) is 0 Å². The molecule has 114 valence electrons. The van der Waals surface area contributed by atoms with Crippen molar-refractivity contribution >= 4 is 24.0 Å². The van der Waals surface area contributed by atoms with Gasteiger partial charge in [0, 0.05) is 17.3 Å². The lowest BCUT2D eigenvalue weighted by Crippen LogP contribution is -2.42. The molecule has 0 spiro atoms. The van der Waals surface area contributed by atoms with Gasteiger partial charge in [0.1, 0.15) is 0 Å². The molecule has 5 atom stereocenters. The molecule has 5 unspecified atom stereocenters. The van der Waals surface area contributed by atoms with E-state index in [1.54, 1.807) is 6.07 Å². The Labute approximate surface area is 132 Å². The number of rotatable bonds is 2. The van der Waals surface area contributed by atoms with Crippen LogP contribution in [0.25, 0.3) is 0 Å². The van der Waals surface area contributed by atoms with E-state index < -0.39 is 0 Å². The van der Waals surface area contributed by atoms with Gasteiger partial charge in [0.05, 0.1) is 0 Å². The van der Waals surface area contributed by atoms with E-state index in [4.69, 9.17) is 5.73 Å². The van der Waals surface area contributed by atoms with Gasteiger partial charge in [0.25, 0.3) is 5.91 Å². The fourth-order valence-electron chi connectivity index (χ4n) is 5.17. The van der Waals surface area contributed by atoms with Crippen LogP contribution in [0.1, 0.15) is 42.5 Å². The highest BCUT2D eigenvalue weighted by atomic mass is 35.5. The molecule has 2 bridgehead atoms. The Bertz CT molecular complexity index is 547. The number of hydrogen-bond donors (Lipinski definition) is 2. The summed E-state index contributed by atoms with van der Waals surface area (Å²) in [4.78, 5) is 12.4. The summed E-state index contributed by atoms with van der Waals surface area (Å²) in [5.74, 6) is 3.51. The number of anilines is 1. The molecule has 0 heterocycles. The Hall–Kier alpha value is -1.22. The summed E-state index contributed by atoms with van der Waals surface area (Å²) in [6.07, 6.45) is 6.76. The van der Waals surface area contributed by atoms with Gasteiger partial charge in [-0.3, -0.25) is 4.79 Å². The Balaban J connectivity index is 0.00000132. The summed E-state index contributed by atoms with van der Waals surface area (Å²) in [5.41, 5.74) is 7.10. The number of benzene rings is 1. The van der Waals surface area contributed by atoms with Crippen molar-refractivity contribution < 1.29 is 4.79 Å². The van der Waals surface area contributed by atoms with Crippen molar-refractivity contribution in [1.82, 2.24) is 5.32 Å². The van der Waals surface area contributed by atoms with Crippen LogP contribution in [-0.2, 0) is 0 Å². The van der Waals surface area contributed by atoms with Crippen molar-refractivity contribution in [3.05, 3.63) is 29.8 Å². The third kappa shape index (κ3) is 2.42. The van der Waals surface area contributed by atoms with Crippen molar-refractivity contribution in [3.63, 3.8) is 0 Å². The predicted octanol–water partition coefficient (Wildman–Crippen LogP) is 3.25. The number of hydrogen-bond acceptors (Lipinski definition) is 2. The smallest absolute Gasteiger partial charge is 0.251 e. The van der Waals surface area contributed by atoms with Crippen molar-refractivity contribution in [1.29, 1.82) is 0 Å². The van der Waals surface area contributed by atoms with E-state index in [1.807, 2.05) is 18.2 Å². The lowest BCUT2D eigenvalue weighted by atomic mass is 9.79. The minimum atomic E-state index is 0. The number of nitrogens with one attached hydrogen (secondary N) is 1. The number of amides is 1. The van der Waals surface area contributed by atoms with Gasteiger partial charge < -0.3 is 11.1 Å². The van der Waals surface area contributed by atoms with E-state index in [1.165, 1.54) is 32.1 Å². The van der Waals surface area contributed by atoms with Crippen LogP contribution in [0.15, 0.2) is 24.3 Å². The maximum absolute atomic E-state index is 12.4. The zero-order valence-corrected chi connectivity index (χ0v) is 12.9. The Morgan fingerprint density at radius 3 is 2.76 bits per heavy atom. The Morgan fingerprint density at radius 2 is 1.95 bits per heavy atom. The summed E-state index contributed by atoms with van der Waals surface area (Å²) < 4.78 is 0. The number of nitrogens with two attached hydrogens (primary N) is 1. The van der Waals surface area contributed by atoms with E-state index in [0.29, 0.717) is 17.3 Å². The SMILES string of the molecule is Cl.Nc1cccc(C(=O)NC2CC3CC2C2CCCC32)c1. The van der Waals surface area contributed by atoms with E-state index in [-0.39, 0.29) is 18.3 Å². The third-order valence-corrected chi connectivity index (χ3v) is 5.89. The molecule has 0 aromatic heterocycles.